The Morgan fingerprint density at radius 3 is 2.07 bits per heavy atom. The Kier molecular flexibility index (Phi) is 5.46. The van der Waals surface area contributed by atoms with Crippen molar-refractivity contribution in [2.24, 2.45) is 17.8 Å². The molecule has 1 unspecified atom stereocenters. The van der Waals surface area contributed by atoms with Gasteiger partial charge in [0.15, 0.2) is 4.90 Å². The molecule has 0 aromatic heterocycles. The number of ketones is 1. The van der Waals surface area contributed by atoms with E-state index in [2.05, 4.69) is 0 Å². The van der Waals surface area contributed by atoms with E-state index in [0.29, 0.717) is 18.6 Å². The maximum absolute atomic E-state index is 14.0. The van der Waals surface area contributed by atoms with Gasteiger partial charge in [-0.3, -0.25) is 9.59 Å². The third-order valence-corrected chi connectivity index (χ3v) is 8.42. The van der Waals surface area contributed by atoms with Crippen LogP contribution < -0.4 is 0 Å². The molecule has 1 aliphatic heterocycles. The molecule has 0 radical (unpaired) electrons. The molecule has 29 heavy (non-hydrogen) atoms. The third kappa shape index (κ3) is 3.70. The van der Waals surface area contributed by atoms with Gasteiger partial charge >= 0.3 is 0 Å². The van der Waals surface area contributed by atoms with Gasteiger partial charge in [-0.05, 0) is 37.8 Å². The van der Waals surface area contributed by atoms with Crippen molar-refractivity contribution in [3.63, 3.8) is 0 Å². The Bertz CT molecular complexity index is 892. The summed E-state index contributed by atoms with van der Waals surface area (Å²) in [5, 5.41) is 0. The van der Waals surface area contributed by atoms with E-state index in [1.54, 1.807) is 4.90 Å². The highest BCUT2D eigenvalue weighted by Crippen LogP contribution is 2.40. The molecule has 2 bridgehead atoms. The highest BCUT2D eigenvalue weighted by atomic mass is 32.2. The van der Waals surface area contributed by atoms with Gasteiger partial charge in [-0.2, -0.15) is 4.31 Å². The highest BCUT2D eigenvalue weighted by Gasteiger charge is 2.43. The predicted octanol–water partition coefficient (Wildman–Crippen LogP) is 2.19. The standard InChI is InChI=1S/C20H24F2N2O4S/c21-16-5-2-6-17(22)19(16)29(27,28)24-9-7-23(8-10-24)20(26)15-11-13-3-1-4-14(12-15)18(13)25/h2,5-6,13-15H,1,3-4,7-12H2/t13-,14+,15?. The minimum Gasteiger partial charge on any atom is -0.340 e. The molecular formula is C20H24F2N2O4S. The third-order valence-electron chi connectivity index (χ3n) is 6.46. The molecule has 3 atom stereocenters. The molecule has 3 fully saturated rings. The number of carbonyl (C=O) groups is 2. The second-order valence-electron chi connectivity index (χ2n) is 8.18. The molecule has 9 heteroatoms. The molecule has 2 saturated carbocycles. The first-order valence-electron chi connectivity index (χ1n) is 10.1. The van der Waals surface area contributed by atoms with Gasteiger partial charge in [0.1, 0.15) is 17.4 Å². The first-order valence-corrected chi connectivity index (χ1v) is 11.5. The molecular weight excluding hydrogens is 402 g/mol. The quantitative estimate of drug-likeness (QED) is 0.743. The van der Waals surface area contributed by atoms with Crippen LogP contribution in [0.3, 0.4) is 0 Å². The van der Waals surface area contributed by atoms with Gasteiger partial charge in [0.25, 0.3) is 0 Å². The summed E-state index contributed by atoms with van der Waals surface area (Å²) in [6.07, 6.45) is 3.88. The van der Waals surface area contributed by atoms with Crippen LogP contribution in [0.2, 0.25) is 0 Å². The van der Waals surface area contributed by atoms with Gasteiger partial charge in [-0.25, -0.2) is 17.2 Å². The smallest absolute Gasteiger partial charge is 0.249 e. The van der Waals surface area contributed by atoms with Gasteiger partial charge in [-0.15, -0.1) is 0 Å². The van der Waals surface area contributed by atoms with Crippen LogP contribution in [-0.4, -0.2) is 55.5 Å². The summed E-state index contributed by atoms with van der Waals surface area (Å²) in [4.78, 5) is 25.9. The summed E-state index contributed by atoms with van der Waals surface area (Å²) in [7, 11) is -4.32. The van der Waals surface area contributed by atoms with Gasteiger partial charge in [-0.1, -0.05) is 12.5 Å². The van der Waals surface area contributed by atoms with E-state index >= 15 is 0 Å². The first kappa shape index (κ1) is 20.4. The summed E-state index contributed by atoms with van der Waals surface area (Å²) < 4.78 is 54.3. The molecule has 6 nitrogen and oxygen atoms in total. The van der Waals surface area contributed by atoms with Crippen LogP contribution in [0.4, 0.5) is 8.78 Å². The number of carbonyl (C=O) groups excluding carboxylic acids is 2. The average molecular weight is 426 g/mol. The van der Waals surface area contributed by atoms with Gasteiger partial charge in [0, 0.05) is 43.9 Å². The van der Waals surface area contributed by atoms with Crippen molar-refractivity contribution in [2.45, 2.75) is 37.0 Å². The fourth-order valence-corrected chi connectivity index (χ4v) is 6.48. The first-order chi connectivity index (χ1) is 13.8. The molecule has 0 spiro atoms. The summed E-state index contributed by atoms with van der Waals surface area (Å²) in [6.45, 7) is 0.322. The molecule has 1 aromatic carbocycles. The lowest BCUT2D eigenvalue weighted by Crippen LogP contribution is -2.53. The van der Waals surface area contributed by atoms with Crippen molar-refractivity contribution in [2.75, 3.05) is 26.2 Å². The number of Topliss-reactive ketones (excluding diaryl/α,β-unsaturated/α-hetero) is 1. The van der Waals surface area contributed by atoms with E-state index in [1.165, 1.54) is 0 Å². The number of halogens is 2. The number of amides is 1. The van der Waals surface area contributed by atoms with Crippen molar-refractivity contribution in [1.29, 1.82) is 0 Å². The number of sulfonamides is 1. The molecule has 1 heterocycles. The molecule has 1 amide bonds. The van der Waals surface area contributed by atoms with Crippen LogP contribution in [0, 0.1) is 29.4 Å². The monoisotopic (exact) mass is 426 g/mol. The van der Waals surface area contributed by atoms with Crippen molar-refractivity contribution < 1.29 is 26.8 Å². The largest absolute Gasteiger partial charge is 0.340 e. The molecule has 4 rings (SSSR count). The normalized spacial score (nSPS) is 28.4. The molecule has 3 aliphatic rings. The Hall–Kier alpha value is -1.87. The van der Waals surface area contributed by atoms with Crippen molar-refractivity contribution in [1.82, 2.24) is 9.21 Å². The molecule has 2 aliphatic carbocycles. The van der Waals surface area contributed by atoms with Crippen LogP contribution in [0.1, 0.15) is 32.1 Å². The molecule has 158 valence electrons. The Balaban J connectivity index is 1.42. The second-order valence-corrected chi connectivity index (χ2v) is 10.1. The van der Waals surface area contributed by atoms with Crippen LogP contribution in [0.15, 0.2) is 23.1 Å². The van der Waals surface area contributed by atoms with Gasteiger partial charge in [0.05, 0.1) is 0 Å². The maximum atomic E-state index is 14.0. The number of benzene rings is 1. The number of hydrogen-bond donors (Lipinski definition) is 0. The summed E-state index contributed by atoms with van der Waals surface area (Å²) >= 11 is 0. The van der Waals surface area contributed by atoms with Crippen LogP contribution in [0.25, 0.3) is 0 Å². The fourth-order valence-electron chi connectivity index (χ4n) is 4.95. The van der Waals surface area contributed by atoms with E-state index in [9.17, 15) is 26.8 Å². The Morgan fingerprint density at radius 1 is 0.966 bits per heavy atom. The van der Waals surface area contributed by atoms with Crippen LogP contribution in [-0.2, 0) is 19.6 Å². The summed E-state index contributed by atoms with van der Waals surface area (Å²) in [5.41, 5.74) is 0. The zero-order chi connectivity index (χ0) is 20.8. The lowest BCUT2D eigenvalue weighted by atomic mass is 9.67. The molecule has 1 saturated heterocycles. The zero-order valence-electron chi connectivity index (χ0n) is 16.0. The van der Waals surface area contributed by atoms with Crippen LogP contribution >= 0.6 is 0 Å². The Labute approximate surface area is 168 Å². The fraction of sp³-hybridized carbons (Fsp3) is 0.600. The topological polar surface area (TPSA) is 74.8 Å². The van der Waals surface area contributed by atoms with E-state index < -0.39 is 26.6 Å². The zero-order valence-corrected chi connectivity index (χ0v) is 16.8. The number of nitrogens with zero attached hydrogens (tertiary/aromatic N) is 2. The van der Waals surface area contributed by atoms with Crippen LogP contribution in [0.5, 0.6) is 0 Å². The number of rotatable bonds is 3. The minimum absolute atomic E-state index is 0.0135. The molecule has 1 aromatic rings. The van der Waals surface area contributed by atoms with Crippen molar-refractivity contribution in [3.05, 3.63) is 29.8 Å². The Morgan fingerprint density at radius 2 is 1.52 bits per heavy atom. The van der Waals surface area contributed by atoms with Gasteiger partial charge < -0.3 is 4.90 Å². The second kappa shape index (κ2) is 7.75. The van der Waals surface area contributed by atoms with Crippen molar-refractivity contribution in [3.8, 4) is 0 Å². The van der Waals surface area contributed by atoms with E-state index in [-0.39, 0.29) is 49.8 Å². The lowest BCUT2D eigenvalue weighted by molar-refractivity contribution is -0.144. The highest BCUT2D eigenvalue weighted by molar-refractivity contribution is 7.89. The SMILES string of the molecule is O=C1[C@@H]2CCC[C@H]1CC(C(=O)N1CCN(S(=O)(=O)c3c(F)cccc3F)CC1)C2. The van der Waals surface area contributed by atoms with E-state index in [0.717, 1.165) is 41.8 Å². The predicted molar refractivity (Wildman–Crippen MR) is 100 cm³/mol. The summed E-state index contributed by atoms with van der Waals surface area (Å²) in [6, 6.07) is 2.94. The number of hydrogen-bond acceptors (Lipinski definition) is 4. The molecule has 0 N–H and O–H groups in total. The van der Waals surface area contributed by atoms with E-state index in [4.69, 9.17) is 0 Å². The number of piperazine rings is 1. The number of fused-ring (bicyclic) bond motifs is 2. The van der Waals surface area contributed by atoms with Gasteiger partial charge in [0.2, 0.25) is 15.9 Å². The van der Waals surface area contributed by atoms with Crippen molar-refractivity contribution >= 4 is 21.7 Å². The van der Waals surface area contributed by atoms with E-state index in [1.807, 2.05) is 0 Å². The average Bonchev–Trinajstić information content (AvgIpc) is 2.67. The lowest BCUT2D eigenvalue weighted by Gasteiger charge is -2.40. The summed E-state index contributed by atoms with van der Waals surface area (Å²) in [5.74, 6) is -2.24. The minimum atomic E-state index is -4.32. The maximum Gasteiger partial charge on any atom is 0.249 e.